The second kappa shape index (κ2) is 8.24. The van der Waals surface area contributed by atoms with E-state index in [2.05, 4.69) is 0 Å². The van der Waals surface area contributed by atoms with E-state index in [-0.39, 0.29) is 36.1 Å². The molecule has 5 rings (SSSR count). The van der Waals surface area contributed by atoms with Crippen molar-refractivity contribution in [1.29, 1.82) is 0 Å². The zero-order valence-corrected chi connectivity index (χ0v) is 20.1. The van der Waals surface area contributed by atoms with Crippen LogP contribution in [0.4, 0.5) is 11.4 Å². The van der Waals surface area contributed by atoms with E-state index in [9.17, 15) is 34.8 Å². The normalized spacial score (nSPS) is 28.0. The van der Waals surface area contributed by atoms with Gasteiger partial charge in [-0.1, -0.05) is 0 Å². The molecule has 36 heavy (non-hydrogen) atoms. The highest BCUT2D eigenvalue weighted by Gasteiger charge is 2.59. The highest BCUT2D eigenvalue weighted by molar-refractivity contribution is 6.24. The van der Waals surface area contributed by atoms with E-state index in [0.717, 1.165) is 5.69 Å². The SMILES string of the molecule is CN(C)c1cc(N2CCOCC2)c(O)c2c1C[C@H]1C[C@H]3CC(O)=C(C(N)=O)C(=O)[C@@]3(O)C(O)=C1C2=O. The van der Waals surface area contributed by atoms with Crippen molar-refractivity contribution in [2.24, 2.45) is 17.6 Å². The summed E-state index contributed by atoms with van der Waals surface area (Å²) in [5.41, 5.74) is 3.53. The van der Waals surface area contributed by atoms with Crippen molar-refractivity contribution >= 4 is 28.8 Å². The number of nitrogens with zero attached hydrogens (tertiary/aromatic N) is 2. The van der Waals surface area contributed by atoms with Gasteiger partial charge >= 0.3 is 0 Å². The van der Waals surface area contributed by atoms with Crippen molar-refractivity contribution < 1.29 is 39.5 Å². The first kappa shape index (κ1) is 24.1. The van der Waals surface area contributed by atoms with Crippen molar-refractivity contribution in [3.8, 4) is 5.75 Å². The number of aliphatic hydroxyl groups excluding tert-OH is 2. The number of ketones is 2. The third-order valence-electron chi connectivity index (χ3n) is 7.85. The largest absolute Gasteiger partial charge is 0.511 e. The fraction of sp³-hybridized carbons (Fsp3) is 0.480. The van der Waals surface area contributed by atoms with Crippen LogP contribution in [-0.4, -0.2) is 83.9 Å². The topological polar surface area (TPSA) is 174 Å². The molecule has 3 atom stereocenters. The minimum Gasteiger partial charge on any atom is -0.511 e. The lowest BCUT2D eigenvalue weighted by molar-refractivity contribution is -0.144. The molecule has 11 nitrogen and oxygen atoms in total. The van der Waals surface area contributed by atoms with Crippen LogP contribution >= 0.6 is 0 Å². The van der Waals surface area contributed by atoms with Crippen LogP contribution in [0.15, 0.2) is 28.7 Å². The molecule has 1 fully saturated rings. The van der Waals surface area contributed by atoms with Crippen molar-refractivity contribution in [1.82, 2.24) is 0 Å². The van der Waals surface area contributed by atoms with E-state index in [1.54, 1.807) is 0 Å². The van der Waals surface area contributed by atoms with Crippen molar-refractivity contribution in [2.45, 2.75) is 24.9 Å². The number of phenols is 1. The highest BCUT2D eigenvalue weighted by Crippen LogP contribution is 2.53. The third kappa shape index (κ3) is 3.22. The number of carbonyl (C=O) groups is 3. The van der Waals surface area contributed by atoms with Gasteiger partial charge in [0.15, 0.2) is 11.4 Å². The van der Waals surface area contributed by atoms with Crippen molar-refractivity contribution in [3.63, 3.8) is 0 Å². The molecule has 192 valence electrons. The van der Waals surface area contributed by atoms with Crippen LogP contribution in [0.3, 0.4) is 0 Å². The van der Waals surface area contributed by atoms with E-state index in [0.29, 0.717) is 37.6 Å². The first-order valence-electron chi connectivity index (χ1n) is 11.8. The van der Waals surface area contributed by atoms with Gasteiger partial charge in [0.2, 0.25) is 5.78 Å². The lowest BCUT2D eigenvalue weighted by atomic mass is 9.60. The summed E-state index contributed by atoms with van der Waals surface area (Å²) < 4.78 is 5.41. The standard InChI is InChI=1S/C25H29N3O8/c1-27(2)14-10-15(28-3-5-36-6-4-28)20(30)18-13(14)8-11-7-12-9-16(29)19(24(26)34)23(33)25(12,35)22(32)17(11)21(18)31/h10-12,29-30,32,35H,3-9H2,1-2H3,(H2,26,34)/t11-,12+,25+/m1/s1. The smallest absolute Gasteiger partial charge is 0.255 e. The zero-order valence-electron chi connectivity index (χ0n) is 20.1. The predicted octanol–water partition coefficient (Wildman–Crippen LogP) is 0.483. The Labute approximate surface area is 207 Å². The maximum atomic E-state index is 13.9. The van der Waals surface area contributed by atoms with Gasteiger partial charge in [0, 0.05) is 50.8 Å². The molecule has 1 saturated heterocycles. The number of fused-ring (bicyclic) bond motifs is 3. The van der Waals surface area contributed by atoms with E-state index in [1.165, 1.54) is 0 Å². The zero-order chi connectivity index (χ0) is 26.1. The average molecular weight is 500 g/mol. The number of phenolic OH excluding ortho intramolecular Hbond substituents is 1. The molecule has 0 unspecified atom stereocenters. The summed E-state index contributed by atoms with van der Waals surface area (Å²) in [5, 5.41) is 44.2. The maximum Gasteiger partial charge on any atom is 0.255 e. The molecule has 11 heteroatoms. The lowest BCUT2D eigenvalue weighted by Crippen LogP contribution is -2.57. The Morgan fingerprint density at radius 2 is 1.83 bits per heavy atom. The van der Waals surface area contributed by atoms with Crippen LogP contribution in [0.5, 0.6) is 5.75 Å². The summed E-state index contributed by atoms with van der Waals surface area (Å²) in [5.74, 6) is -6.30. The number of hydrogen-bond donors (Lipinski definition) is 5. The second-order valence-corrected chi connectivity index (χ2v) is 10.0. The predicted molar refractivity (Wildman–Crippen MR) is 128 cm³/mol. The molecule has 1 aromatic rings. The summed E-state index contributed by atoms with van der Waals surface area (Å²) in [7, 11) is 3.66. The third-order valence-corrected chi connectivity index (χ3v) is 7.85. The van der Waals surface area contributed by atoms with Crippen LogP contribution in [0.25, 0.3) is 0 Å². The number of nitrogens with two attached hydrogens (primary N) is 1. The first-order valence-corrected chi connectivity index (χ1v) is 11.8. The Bertz CT molecular complexity index is 1260. The molecule has 1 heterocycles. The fourth-order valence-corrected chi connectivity index (χ4v) is 6.10. The number of Topliss-reactive ketones (excluding diaryl/α,β-unsaturated/α-hetero) is 2. The molecule has 0 radical (unpaired) electrons. The number of carbonyl (C=O) groups excluding carboxylic acids is 3. The number of benzene rings is 1. The fourth-order valence-electron chi connectivity index (χ4n) is 6.10. The minimum absolute atomic E-state index is 0.0133. The number of ether oxygens (including phenoxy) is 1. The quantitative estimate of drug-likeness (QED) is 0.368. The van der Waals surface area contributed by atoms with Crippen LogP contribution < -0.4 is 15.5 Å². The van der Waals surface area contributed by atoms with Gasteiger partial charge in [0.05, 0.1) is 24.5 Å². The monoisotopic (exact) mass is 499 g/mol. The number of anilines is 2. The summed E-state index contributed by atoms with van der Waals surface area (Å²) >= 11 is 0. The highest BCUT2D eigenvalue weighted by atomic mass is 16.5. The van der Waals surface area contributed by atoms with Gasteiger partial charge in [-0.25, -0.2) is 0 Å². The number of primary amides is 1. The minimum atomic E-state index is -2.57. The lowest BCUT2D eigenvalue weighted by Gasteiger charge is -2.46. The van der Waals surface area contributed by atoms with Gasteiger partial charge in [0.1, 0.15) is 22.8 Å². The number of aromatic hydroxyl groups is 1. The molecule has 4 aliphatic rings. The second-order valence-electron chi connectivity index (χ2n) is 10.0. The Morgan fingerprint density at radius 3 is 2.44 bits per heavy atom. The summed E-state index contributed by atoms with van der Waals surface area (Å²) in [6, 6.07) is 1.83. The summed E-state index contributed by atoms with van der Waals surface area (Å²) in [6.07, 6.45) is 0.109. The number of aliphatic hydroxyl groups is 3. The number of rotatable bonds is 3. The molecule has 1 amide bonds. The number of hydrogen-bond acceptors (Lipinski definition) is 10. The Kier molecular flexibility index (Phi) is 5.53. The molecule has 0 bridgehead atoms. The molecule has 0 spiro atoms. The number of morpholine rings is 1. The Morgan fingerprint density at radius 1 is 1.17 bits per heavy atom. The number of allylic oxidation sites excluding steroid dienone is 2. The van der Waals surface area contributed by atoms with Gasteiger partial charge in [-0.05, 0) is 30.4 Å². The molecule has 1 aromatic carbocycles. The summed E-state index contributed by atoms with van der Waals surface area (Å²) in [6.45, 7) is 1.97. The van der Waals surface area contributed by atoms with Gasteiger partial charge in [-0.2, -0.15) is 0 Å². The molecular formula is C25H29N3O8. The van der Waals surface area contributed by atoms with E-state index >= 15 is 0 Å². The molecule has 0 aromatic heterocycles. The van der Waals surface area contributed by atoms with Gasteiger partial charge in [-0.15, -0.1) is 0 Å². The molecule has 0 saturated carbocycles. The summed E-state index contributed by atoms with van der Waals surface area (Å²) in [4.78, 5) is 42.5. The molecule has 1 aliphatic heterocycles. The van der Waals surface area contributed by atoms with E-state index < -0.39 is 52.0 Å². The molecule has 3 aliphatic carbocycles. The van der Waals surface area contributed by atoms with Crippen LogP contribution in [0.1, 0.15) is 28.8 Å². The van der Waals surface area contributed by atoms with Crippen molar-refractivity contribution in [2.75, 3.05) is 50.2 Å². The van der Waals surface area contributed by atoms with Gasteiger partial charge < -0.3 is 40.7 Å². The van der Waals surface area contributed by atoms with Crippen LogP contribution in [0.2, 0.25) is 0 Å². The van der Waals surface area contributed by atoms with Gasteiger partial charge in [0.25, 0.3) is 5.91 Å². The van der Waals surface area contributed by atoms with Crippen LogP contribution in [0, 0.1) is 11.8 Å². The van der Waals surface area contributed by atoms with Crippen LogP contribution in [-0.2, 0) is 20.7 Å². The van der Waals surface area contributed by atoms with Gasteiger partial charge in [-0.3, -0.25) is 14.4 Å². The van der Waals surface area contributed by atoms with E-state index in [1.807, 2.05) is 30.0 Å². The Hall–Kier alpha value is -3.57. The Balaban J connectivity index is 1.68. The van der Waals surface area contributed by atoms with E-state index in [4.69, 9.17) is 10.5 Å². The first-order chi connectivity index (χ1) is 17.0. The maximum absolute atomic E-state index is 13.9. The molecule has 6 N–H and O–H groups in total. The molecular weight excluding hydrogens is 470 g/mol. The number of amides is 1. The van der Waals surface area contributed by atoms with Crippen molar-refractivity contribution in [3.05, 3.63) is 39.9 Å². The average Bonchev–Trinajstić information content (AvgIpc) is 2.81.